The third-order valence-electron chi connectivity index (χ3n) is 2.81. The number of halogens is 1. The predicted octanol–water partition coefficient (Wildman–Crippen LogP) is 1.71. The second-order valence-electron chi connectivity index (χ2n) is 3.92. The fourth-order valence-electron chi connectivity index (χ4n) is 1.85. The Bertz CT molecular complexity index is 449. The van der Waals surface area contributed by atoms with E-state index in [0.29, 0.717) is 22.1 Å². The van der Waals surface area contributed by atoms with Gasteiger partial charge in [0.15, 0.2) is 6.10 Å². The van der Waals surface area contributed by atoms with Gasteiger partial charge in [-0.15, -0.1) is 0 Å². The quantitative estimate of drug-likeness (QED) is 0.849. The zero-order chi connectivity index (χ0) is 13.3. The third-order valence-corrected chi connectivity index (χ3v) is 3.18. The van der Waals surface area contributed by atoms with Gasteiger partial charge in [0.2, 0.25) is 0 Å². The lowest BCUT2D eigenvalue weighted by atomic mass is 10.0. The summed E-state index contributed by atoms with van der Waals surface area (Å²) in [6, 6.07) is 3.34. The fraction of sp³-hybridized carbons (Fsp3) is 0.417. The Morgan fingerprint density at radius 1 is 1.33 bits per heavy atom. The van der Waals surface area contributed by atoms with Gasteiger partial charge in [-0.2, -0.15) is 0 Å². The van der Waals surface area contributed by atoms with Crippen LogP contribution in [0.25, 0.3) is 0 Å². The second-order valence-corrected chi connectivity index (χ2v) is 4.29. The molecule has 1 aromatic carbocycles. The Hall–Kier alpha value is -1.46. The maximum Gasteiger partial charge on any atom is 0.335 e. The van der Waals surface area contributed by atoms with Crippen LogP contribution >= 0.6 is 11.6 Å². The monoisotopic (exact) mass is 272 g/mol. The highest BCUT2D eigenvalue weighted by Gasteiger charge is 2.34. The van der Waals surface area contributed by atoms with E-state index in [0.717, 1.165) is 0 Å². The molecule has 0 bridgehead atoms. The normalized spacial score (nSPS) is 22.8. The van der Waals surface area contributed by atoms with E-state index < -0.39 is 18.2 Å². The van der Waals surface area contributed by atoms with Crippen LogP contribution < -0.4 is 9.47 Å². The van der Waals surface area contributed by atoms with Crippen LogP contribution in [0.3, 0.4) is 0 Å². The maximum atomic E-state index is 11.2. The molecule has 1 N–H and O–H groups in total. The van der Waals surface area contributed by atoms with Crippen LogP contribution in [-0.4, -0.2) is 31.4 Å². The first kappa shape index (κ1) is 13.0. The van der Waals surface area contributed by atoms with Gasteiger partial charge in [-0.05, 0) is 17.7 Å². The van der Waals surface area contributed by atoms with Crippen molar-refractivity contribution in [2.24, 2.45) is 0 Å². The average molecular weight is 273 g/mol. The molecule has 0 amide bonds. The Labute approximate surface area is 109 Å². The van der Waals surface area contributed by atoms with Crippen molar-refractivity contribution in [3.05, 3.63) is 22.7 Å². The summed E-state index contributed by atoms with van der Waals surface area (Å²) in [5.41, 5.74) is 0.679. The van der Waals surface area contributed by atoms with Crippen molar-refractivity contribution < 1.29 is 24.1 Å². The number of aliphatic hydroxyl groups excluding tert-OH is 1. The van der Waals surface area contributed by atoms with Crippen molar-refractivity contribution in [2.45, 2.75) is 18.6 Å². The number of carbonyl (C=O) groups excluding carboxylic acids is 1. The van der Waals surface area contributed by atoms with Crippen LogP contribution in [0, 0.1) is 0 Å². The predicted molar refractivity (Wildman–Crippen MR) is 64.0 cm³/mol. The largest absolute Gasteiger partial charge is 0.495 e. The highest BCUT2D eigenvalue weighted by atomic mass is 35.5. The lowest BCUT2D eigenvalue weighted by molar-refractivity contribution is -0.147. The summed E-state index contributed by atoms with van der Waals surface area (Å²) in [5, 5.41) is 9.73. The minimum Gasteiger partial charge on any atom is -0.495 e. The van der Waals surface area contributed by atoms with Crippen LogP contribution in [-0.2, 0) is 9.53 Å². The van der Waals surface area contributed by atoms with Gasteiger partial charge in [0.05, 0.1) is 14.2 Å². The van der Waals surface area contributed by atoms with E-state index in [2.05, 4.69) is 0 Å². The molecule has 2 rings (SSSR count). The van der Waals surface area contributed by atoms with Gasteiger partial charge in [0, 0.05) is 6.42 Å². The number of hydrogen-bond acceptors (Lipinski definition) is 5. The number of cyclic esters (lactones) is 1. The number of ether oxygens (including phenoxy) is 3. The summed E-state index contributed by atoms with van der Waals surface area (Å²) < 4.78 is 15.3. The first-order valence-corrected chi connectivity index (χ1v) is 5.74. The SMILES string of the molecule is COc1cc([C@@H]2C[C@@H](O)C(=O)O2)cc(OC)c1Cl. The first-order valence-electron chi connectivity index (χ1n) is 5.36. The van der Waals surface area contributed by atoms with Gasteiger partial charge in [-0.3, -0.25) is 0 Å². The van der Waals surface area contributed by atoms with Crippen LogP contribution in [0.1, 0.15) is 18.1 Å². The number of aliphatic hydroxyl groups is 1. The summed E-state index contributed by atoms with van der Waals surface area (Å²) in [6.07, 6.45) is -1.37. The third kappa shape index (κ3) is 2.23. The smallest absolute Gasteiger partial charge is 0.335 e. The van der Waals surface area contributed by atoms with Crippen LogP contribution in [0.2, 0.25) is 5.02 Å². The second kappa shape index (κ2) is 5.04. The molecular formula is C12H13ClO5. The van der Waals surface area contributed by atoms with E-state index in [1.54, 1.807) is 12.1 Å². The van der Waals surface area contributed by atoms with E-state index in [1.165, 1.54) is 14.2 Å². The Balaban J connectivity index is 2.37. The van der Waals surface area contributed by atoms with E-state index in [1.807, 2.05) is 0 Å². The Morgan fingerprint density at radius 2 is 1.89 bits per heavy atom. The number of rotatable bonds is 3. The van der Waals surface area contributed by atoms with Crippen molar-refractivity contribution in [3.63, 3.8) is 0 Å². The fourth-order valence-corrected chi connectivity index (χ4v) is 2.11. The maximum absolute atomic E-state index is 11.2. The molecule has 1 saturated heterocycles. The Morgan fingerprint density at radius 3 is 2.28 bits per heavy atom. The molecule has 6 heteroatoms. The zero-order valence-electron chi connectivity index (χ0n) is 9.97. The molecule has 0 spiro atoms. The van der Waals surface area contributed by atoms with Crippen molar-refractivity contribution >= 4 is 17.6 Å². The first-order chi connectivity index (χ1) is 8.56. The molecule has 0 aliphatic carbocycles. The van der Waals surface area contributed by atoms with Gasteiger partial charge in [-0.25, -0.2) is 4.79 Å². The van der Waals surface area contributed by atoms with Gasteiger partial charge >= 0.3 is 5.97 Å². The number of hydrogen-bond donors (Lipinski definition) is 1. The summed E-state index contributed by atoms with van der Waals surface area (Å²) in [6.45, 7) is 0. The molecule has 1 aliphatic heterocycles. The van der Waals surface area contributed by atoms with Gasteiger partial charge < -0.3 is 19.3 Å². The molecule has 18 heavy (non-hydrogen) atoms. The topological polar surface area (TPSA) is 65.0 Å². The highest BCUT2D eigenvalue weighted by molar-refractivity contribution is 6.33. The van der Waals surface area contributed by atoms with Gasteiger partial charge in [0.25, 0.3) is 0 Å². The molecule has 2 atom stereocenters. The molecule has 0 radical (unpaired) electrons. The summed E-state index contributed by atoms with van der Waals surface area (Å²) in [7, 11) is 2.97. The number of esters is 1. The molecule has 1 aromatic rings. The summed E-state index contributed by atoms with van der Waals surface area (Å²) in [4.78, 5) is 11.2. The van der Waals surface area contributed by atoms with Crippen molar-refractivity contribution in [3.8, 4) is 11.5 Å². The van der Waals surface area contributed by atoms with Crippen LogP contribution in [0.15, 0.2) is 12.1 Å². The number of benzene rings is 1. The van der Waals surface area contributed by atoms with E-state index in [-0.39, 0.29) is 6.42 Å². The molecule has 98 valence electrons. The summed E-state index contributed by atoms with van der Waals surface area (Å²) >= 11 is 6.04. The van der Waals surface area contributed by atoms with E-state index in [4.69, 9.17) is 25.8 Å². The standard InChI is InChI=1S/C12H13ClO5/c1-16-9-3-6(4-10(17-2)11(9)13)8-5-7(14)12(15)18-8/h3-4,7-8,14H,5H2,1-2H3/t7-,8+/m1/s1. The van der Waals surface area contributed by atoms with Crippen LogP contribution in [0.4, 0.5) is 0 Å². The van der Waals surface area contributed by atoms with Crippen LogP contribution in [0.5, 0.6) is 11.5 Å². The van der Waals surface area contributed by atoms with Gasteiger partial charge in [-0.1, -0.05) is 11.6 Å². The number of methoxy groups -OCH3 is 2. The van der Waals surface area contributed by atoms with Gasteiger partial charge in [0.1, 0.15) is 22.6 Å². The molecular weight excluding hydrogens is 260 g/mol. The van der Waals surface area contributed by atoms with E-state index in [9.17, 15) is 9.90 Å². The lowest BCUT2D eigenvalue weighted by Crippen LogP contribution is -2.11. The molecule has 1 aliphatic rings. The van der Waals surface area contributed by atoms with Crippen molar-refractivity contribution in [1.82, 2.24) is 0 Å². The molecule has 0 unspecified atom stereocenters. The van der Waals surface area contributed by atoms with Crippen molar-refractivity contribution in [2.75, 3.05) is 14.2 Å². The minimum absolute atomic E-state index is 0.215. The molecule has 0 aromatic heterocycles. The van der Waals surface area contributed by atoms with Crippen molar-refractivity contribution in [1.29, 1.82) is 0 Å². The summed E-state index contributed by atoms with van der Waals surface area (Å²) in [5.74, 6) is 0.250. The number of carbonyl (C=O) groups is 1. The average Bonchev–Trinajstić information content (AvgIpc) is 2.70. The molecule has 5 nitrogen and oxygen atoms in total. The Kier molecular flexibility index (Phi) is 3.63. The molecule has 1 fully saturated rings. The highest BCUT2D eigenvalue weighted by Crippen LogP contribution is 2.40. The minimum atomic E-state index is -1.08. The molecule has 0 saturated carbocycles. The zero-order valence-corrected chi connectivity index (χ0v) is 10.7. The van der Waals surface area contributed by atoms with E-state index >= 15 is 0 Å². The molecule has 1 heterocycles. The lowest BCUT2D eigenvalue weighted by Gasteiger charge is -2.14.